The third kappa shape index (κ3) is 2.92. The molecule has 0 spiro atoms. The summed E-state index contributed by atoms with van der Waals surface area (Å²) in [7, 11) is 1.67. The minimum atomic E-state index is 0.0382. The average molecular weight is 336 g/mol. The quantitative estimate of drug-likeness (QED) is 0.630. The van der Waals surface area contributed by atoms with Crippen LogP contribution in [0, 0.1) is 11.8 Å². The predicted molar refractivity (Wildman–Crippen MR) is 105 cm³/mol. The van der Waals surface area contributed by atoms with E-state index in [1.54, 1.807) is 19.3 Å². The van der Waals surface area contributed by atoms with Gasteiger partial charge in [0.15, 0.2) is 5.78 Å². The Labute approximate surface area is 152 Å². The van der Waals surface area contributed by atoms with Gasteiger partial charge < -0.3 is 4.74 Å². The maximum Gasteiger partial charge on any atom is 0.186 e. The molecule has 0 unspecified atom stereocenters. The molecule has 0 bridgehead atoms. The van der Waals surface area contributed by atoms with Crippen LogP contribution in [-0.2, 0) is 4.79 Å². The summed E-state index contributed by atoms with van der Waals surface area (Å²) < 4.78 is 5.44. The molecule has 0 saturated carbocycles. The smallest absolute Gasteiger partial charge is 0.186 e. The van der Waals surface area contributed by atoms with Gasteiger partial charge in [-0.15, -0.1) is 0 Å². The van der Waals surface area contributed by atoms with Crippen LogP contribution in [0.5, 0.6) is 5.75 Å². The van der Waals surface area contributed by atoms with Crippen LogP contribution in [0.25, 0.3) is 16.3 Å². The molecular formula is C24H16O2. The monoisotopic (exact) mass is 336 g/mol. The zero-order chi connectivity index (χ0) is 17.9. The lowest BCUT2D eigenvalue weighted by Crippen LogP contribution is -1.94. The third-order valence-corrected chi connectivity index (χ3v) is 4.40. The molecule has 1 aliphatic rings. The number of hydrogen-bond donors (Lipinski definition) is 0. The number of ether oxygens (including phenoxy) is 1. The molecule has 4 rings (SSSR count). The van der Waals surface area contributed by atoms with Crippen molar-refractivity contribution in [2.45, 2.75) is 0 Å². The van der Waals surface area contributed by atoms with Crippen molar-refractivity contribution >= 4 is 22.1 Å². The number of fused-ring (bicyclic) bond motifs is 1. The SMILES string of the molecule is COc1ccc(C#Cc2cccc(C3=CC=CC3=O)c2)c2ccccc12. The fourth-order valence-corrected chi connectivity index (χ4v) is 3.10. The molecule has 2 nitrogen and oxygen atoms in total. The van der Waals surface area contributed by atoms with Gasteiger partial charge in [0, 0.05) is 27.5 Å². The lowest BCUT2D eigenvalue weighted by molar-refractivity contribution is -0.109. The zero-order valence-corrected chi connectivity index (χ0v) is 14.3. The van der Waals surface area contributed by atoms with E-state index in [0.29, 0.717) is 5.57 Å². The summed E-state index contributed by atoms with van der Waals surface area (Å²) in [5.41, 5.74) is 3.43. The molecule has 3 aromatic carbocycles. The molecule has 0 aliphatic heterocycles. The van der Waals surface area contributed by atoms with Crippen LogP contribution in [0.3, 0.4) is 0 Å². The molecule has 0 saturated heterocycles. The Morgan fingerprint density at radius 2 is 1.73 bits per heavy atom. The number of allylic oxidation sites excluding steroid dienone is 4. The molecular weight excluding hydrogens is 320 g/mol. The number of carbonyl (C=O) groups excluding carboxylic acids is 1. The minimum absolute atomic E-state index is 0.0382. The molecule has 0 aromatic heterocycles. The van der Waals surface area contributed by atoms with Gasteiger partial charge in [0.05, 0.1) is 7.11 Å². The van der Waals surface area contributed by atoms with Crippen molar-refractivity contribution in [3.63, 3.8) is 0 Å². The molecule has 0 radical (unpaired) electrons. The lowest BCUT2D eigenvalue weighted by atomic mass is 10.0. The lowest BCUT2D eigenvalue weighted by Gasteiger charge is -2.06. The van der Waals surface area contributed by atoms with Gasteiger partial charge >= 0.3 is 0 Å². The Morgan fingerprint density at radius 3 is 2.50 bits per heavy atom. The summed E-state index contributed by atoms with van der Waals surface area (Å²) in [5.74, 6) is 7.36. The van der Waals surface area contributed by atoms with Crippen LogP contribution < -0.4 is 4.74 Å². The molecule has 0 fully saturated rings. The molecule has 0 amide bonds. The van der Waals surface area contributed by atoms with Crippen LogP contribution in [-0.4, -0.2) is 12.9 Å². The Kier molecular flexibility index (Phi) is 4.13. The number of carbonyl (C=O) groups is 1. The summed E-state index contributed by atoms with van der Waals surface area (Å²) in [4.78, 5) is 11.9. The second kappa shape index (κ2) is 6.74. The fraction of sp³-hybridized carbons (Fsp3) is 0.0417. The van der Waals surface area contributed by atoms with Crippen LogP contribution >= 0.6 is 0 Å². The Bertz CT molecular complexity index is 1140. The Morgan fingerprint density at radius 1 is 0.885 bits per heavy atom. The normalized spacial score (nSPS) is 12.7. The standard InChI is InChI=1S/C24H16O2/c1-26-24-15-14-18(20-8-2-3-9-22(20)24)13-12-17-6-4-7-19(16-17)21-10-5-11-23(21)25/h2-11,14-16H,1H3. The van der Waals surface area contributed by atoms with Gasteiger partial charge in [0.2, 0.25) is 0 Å². The zero-order valence-electron chi connectivity index (χ0n) is 14.3. The molecule has 0 atom stereocenters. The van der Waals surface area contributed by atoms with E-state index in [4.69, 9.17) is 4.74 Å². The van der Waals surface area contributed by atoms with Crippen molar-refractivity contribution in [2.24, 2.45) is 0 Å². The number of hydrogen-bond acceptors (Lipinski definition) is 2. The number of ketones is 1. The van der Waals surface area contributed by atoms with Crippen molar-refractivity contribution in [3.05, 3.63) is 95.6 Å². The maximum atomic E-state index is 11.9. The summed E-state index contributed by atoms with van der Waals surface area (Å²) >= 11 is 0. The first-order valence-corrected chi connectivity index (χ1v) is 8.37. The Hall–Kier alpha value is -3.57. The van der Waals surface area contributed by atoms with E-state index < -0.39 is 0 Å². The molecule has 2 heteroatoms. The molecule has 0 N–H and O–H groups in total. The second-order valence-electron chi connectivity index (χ2n) is 6.00. The summed E-state index contributed by atoms with van der Waals surface area (Å²) in [6, 6.07) is 19.8. The third-order valence-electron chi connectivity index (χ3n) is 4.40. The van der Waals surface area contributed by atoms with E-state index >= 15 is 0 Å². The number of methoxy groups -OCH3 is 1. The van der Waals surface area contributed by atoms with Gasteiger partial charge in [-0.25, -0.2) is 0 Å². The summed E-state index contributed by atoms with van der Waals surface area (Å²) in [6.45, 7) is 0. The first kappa shape index (κ1) is 15.9. The number of benzene rings is 3. The maximum absolute atomic E-state index is 11.9. The highest BCUT2D eigenvalue weighted by Crippen LogP contribution is 2.28. The van der Waals surface area contributed by atoms with Gasteiger partial charge in [0.25, 0.3) is 0 Å². The van der Waals surface area contributed by atoms with E-state index in [1.165, 1.54) is 0 Å². The van der Waals surface area contributed by atoms with Crippen molar-refractivity contribution in [1.82, 2.24) is 0 Å². The average Bonchev–Trinajstić information content (AvgIpc) is 3.12. The van der Waals surface area contributed by atoms with E-state index in [2.05, 4.69) is 11.8 Å². The topological polar surface area (TPSA) is 26.3 Å². The highest BCUT2D eigenvalue weighted by Gasteiger charge is 2.12. The summed E-state index contributed by atoms with van der Waals surface area (Å²) in [6.07, 6.45) is 5.20. The van der Waals surface area contributed by atoms with Crippen molar-refractivity contribution in [1.29, 1.82) is 0 Å². The molecule has 3 aromatic rings. The largest absolute Gasteiger partial charge is 0.496 e. The Balaban J connectivity index is 1.73. The molecule has 0 heterocycles. The first-order valence-electron chi connectivity index (χ1n) is 8.37. The van der Waals surface area contributed by atoms with Gasteiger partial charge in [0.1, 0.15) is 5.75 Å². The van der Waals surface area contributed by atoms with Gasteiger partial charge in [-0.1, -0.05) is 60.4 Å². The van der Waals surface area contributed by atoms with Crippen LogP contribution in [0.2, 0.25) is 0 Å². The van der Waals surface area contributed by atoms with Gasteiger partial charge in [-0.05, 0) is 35.9 Å². The summed E-state index contributed by atoms with van der Waals surface area (Å²) in [5, 5.41) is 2.11. The van der Waals surface area contributed by atoms with Crippen LogP contribution in [0.15, 0.2) is 78.9 Å². The molecule has 26 heavy (non-hydrogen) atoms. The molecule has 124 valence electrons. The fourth-order valence-electron chi connectivity index (χ4n) is 3.10. The predicted octanol–water partition coefficient (Wildman–Crippen LogP) is 4.77. The van der Waals surface area contributed by atoms with E-state index in [0.717, 1.165) is 33.2 Å². The van der Waals surface area contributed by atoms with Gasteiger partial charge in [-0.3, -0.25) is 4.79 Å². The molecule has 1 aliphatic carbocycles. The van der Waals surface area contributed by atoms with Crippen molar-refractivity contribution < 1.29 is 9.53 Å². The van der Waals surface area contributed by atoms with E-state index in [-0.39, 0.29) is 5.78 Å². The second-order valence-corrected chi connectivity index (χ2v) is 6.00. The first-order chi connectivity index (χ1) is 12.8. The van der Waals surface area contributed by atoms with E-state index in [1.807, 2.05) is 66.7 Å². The van der Waals surface area contributed by atoms with Crippen LogP contribution in [0.1, 0.15) is 16.7 Å². The van der Waals surface area contributed by atoms with Gasteiger partial charge in [-0.2, -0.15) is 0 Å². The van der Waals surface area contributed by atoms with Crippen molar-refractivity contribution in [3.8, 4) is 17.6 Å². The highest BCUT2D eigenvalue weighted by atomic mass is 16.5. The highest BCUT2D eigenvalue weighted by molar-refractivity contribution is 6.28. The van der Waals surface area contributed by atoms with E-state index in [9.17, 15) is 4.79 Å². The van der Waals surface area contributed by atoms with Crippen LogP contribution in [0.4, 0.5) is 0 Å². The minimum Gasteiger partial charge on any atom is -0.496 e. The number of rotatable bonds is 2. The van der Waals surface area contributed by atoms with Crippen molar-refractivity contribution in [2.75, 3.05) is 7.11 Å².